The number of rotatable bonds is 3. The largest absolute Gasteiger partial charge is 0.495 e. The lowest BCUT2D eigenvalue weighted by Gasteiger charge is -2.13. The molecule has 0 radical (unpaired) electrons. The quantitative estimate of drug-likeness (QED) is 0.451. The Morgan fingerprint density at radius 2 is 1.77 bits per heavy atom. The molecule has 0 aromatic carbocycles. The van der Waals surface area contributed by atoms with Crippen LogP contribution in [0.15, 0.2) is 51.0 Å². The van der Waals surface area contributed by atoms with E-state index in [0.29, 0.717) is 47.8 Å². The number of hydrogen-bond acceptors (Lipinski definition) is 9. The standard InChI is InChI=1S/C12H13N3O4.C7H4BrN3O/c1-17-8-4-9-12(13-5-8)14-6-10(16)15(9)7-11-18-2-3-19-11;8-4-1-5-7(9-2-4)10-3-6(12)11-5/h4-6,11H,2-3,7H2,1H3;1-3H,(H,11,12). The fourth-order valence-electron chi connectivity index (χ4n) is 2.90. The third-order valence-corrected chi connectivity index (χ3v) is 4.76. The number of nitrogens with zero attached hydrogens (tertiary/aromatic N) is 5. The van der Waals surface area contributed by atoms with Gasteiger partial charge >= 0.3 is 0 Å². The molecule has 0 aliphatic carbocycles. The summed E-state index contributed by atoms with van der Waals surface area (Å²) < 4.78 is 18.2. The molecule has 0 bridgehead atoms. The average molecular weight is 489 g/mol. The van der Waals surface area contributed by atoms with Crippen LogP contribution in [0.2, 0.25) is 0 Å². The smallest absolute Gasteiger partial charge is 0.269 e. The zero-order valence-electron chi connectivity index (χ0n) is 16.3. The van der Waals surface area contributed by atoms with E-state index >= 15 is 0 Å². The maximum absolute atomic E-state index is 11.9. The Balaban J connectivity index is 0.000000166. The van der Waals surface area contributed by atoms with Gasteiger partial charge in [-0.2, -0.15) is 0 Å². The Labute approximate surface area is 183 Å². The summed E-state index contributed by atoms with van der Waals surface area (Å²) in [5.74, 6) is 0.571. The molecule has 0 spiro atoms. The van der Waals surface area contributed by atoms with Crippen LogP contribution in [0.5, 0.6) is 5.75 Å². The molecule has 0 unspecified atom stereocenters. The van der Waals surface area contributed by atoms with E-state index in [2.05, 4.69) is 40.8 Å². The third-order valence-electron chi connectivity index (χ3n) is 4.33. The zero-order valence-corrected chi connectivity index (χ0v) is 17.9. The highest BCUT2D eigenvalue weighted by Gasteiger charge is 2.18. The fourth-order valence-corrected chi connectivity index (χ4v) is 3.23. The van der Waals surface area contributed by atoms with Gasteiger partial charge in [0.1, 0.15) is 5.75 Å². The van der Waals surface area contributed by atoms with Gasteiger partial charge in [0.25, 0.3) is 11.1 Å². The van der Waals surface area contributed by atoms with Crippen LogP contribution < -0.4 is 15.9 Å². The molecule has 12 heteroatoms. The van der Waals surface area contributed by atoms with Crippen LogP contribution in [-0.2, 0) is 16.0 Å². The first-order valence-corrected chi connectivity index (χ1v) is 9.96. The van der Waals surface area contributed by atoms with Gasteiger partial charge in [0, 0.05) is 16.7 Å². The van der Waals surface area contributed by atoms with Crippen molar-refractivity contribution >= 4 is 38.3 Å². The second-order valence-electron chi connectivity index (χ2n) is 6.37. The van der Waals surface area contributed by atoms with Gasteiger partial charge in [-0.15, -0.1) is 0 Å². The molecule has 31 heavy (non-hydrogen) atoms. The van der Waals surface area contributed by atoms with Crippen molar-refractivity contribution in [1.82, 2.24) is 29.5 Å². The molecule has 1 aliphatic rings. The van der Waals surface area contributed by atoms with Gasteiger partial charge in [0.2, 0.25) is 0 Å². The number of ether oxygens (including phenoxy) is 3. The number of aromatic nitrogens is 6. The molecule has 1 saturated heterocycles. The van der Waals surface area contributed by atoms with Crippen LogP contribution in [-0.4, -0.2) is 56.1 Å². The van der Waals surface area contributed by atoms with Crippen molar-refractivity contribution in [3.05, 3.63) is 62.1 Å². The zero-order chi connectivity index (χ0) is 21.8. The van der Waals surface area contributed by atoms with Crippen LogP contribution in [0.4, 0.5) is 0 Å². The van der Waals surface area contributed by atoms with Crippen LogP contribution >= 0.6 is 15.9 Å². The minimum absolute atomic E-state index is 0.220. The second-order valence-corrected chi connectivity index (χ2v) is 7.28. The molecular formula is C19H17BrN6O5. The van der Waals surface area contributed by atoms with Crippen LogP contribution in [0.3, 0.4) is 0 Å². The first kappa shape index (κ1) is 21.0. The summed E-state index contributed by atoms with van der Waals surface area (Å²) in [5.41, 5.74) is 1.82. The van der Waals surface area contributed by atoms with Gasteiger partial charge in [-0.25, -0.2) is 19.9 Å². The minimum atomic E-state index is -0.408. The van der Waals surface area contributed by atoms with Gasteiger partial charge < -0.3 is 19.2 Å². The molecule has 160 valence electrons. The fraction of sp³-hybridized carbons (Fsp3) is 0.263. The molecule has 1 aliphatic heterocycles. The highest BCUT2D eigenvalue weighted by atomic mass is 79.9. The van der Waals surface area contributed by atoms with Gasteiger partial charge in [-0.05, 0) is 22.0 Å². The maximum atomic E-state index is 11.9. The van der Waals surface area contributed by atoms with Gasteiger partial charge in [0.05, 0.1) is 56.5 Å². The van der Waals surface area contributed by atoms with E-state index in [1.807, 2.05) is 0 Å². The minimum Gasteiger partial charge on any atom is -0.495 e. The lowest BCUT2D eigenvalue weighted by molar-refractivity contribution is -0.0523. The molecular weight excluding hydrogens is 472 g/mol. The first-order chi connectivity index (χ1) is 15.0. The summed E-state index contributed by atoms with van der Waals surface area (Å²) >= 11 is 3.24. The van der Waals surface area contributed by atoms with Crippen molar-refractivity contribution in [2.45, 2.75) is 12.8 Å². The van der Waals surface area contributed by atoms with Crippen molar-refractivity contribution in [2.75, 3.05) is 20.3 Å². The highest BCUT2D eigenvalue weighted by Crippen LogP contribution is 2.16. The van der Waals surface area contributed by atoms with Crippen molar-refractivity contribution in [3.8, 4) is 5.75 Å². The summed E-state index contributed by atoms with van der Waals surface area (Å²) in [7, 11) is 1.55. The monoisotopic (exact) mass is 488 g/mol. The van der Waals surface area contributed by atoms with Crippen molar-refractivity contribution in [3.63, 3.8) is 0 Å². The van der Waals surface area contributed by atoms with E-state index in [-0.39, 0.29) is 11.1 Å². The van der Waals surface area contributed by atoms with E-state index in [9.17, 15) is 9.59 Å². The molecule has 11 nitrogen and oxygen atoms in total. The van der Waals surface area contributed by atoms with Crippen LogP contribution in [0.1, 0.15) is 0 Å². The average Bonchev–Trinajstić information content (AvgIpc) is 3.29. The Kier molecular flexibility index (Phi) is 6.30. The van der Waals surface area contributed by atoms with Crippen LogP contribution in [0, 0.1) is 0 Å². The van der Waals surface area contributed by atoms with Gasteiger partial charge in [-0.1, -0.05) is 0 Å². The molecule has 1 fully saturated rings. The molecule has 0 amide bonds. The Morgan fingerprint density at radius 1 is 1.06 bits per heavy atom. The molecule has 4 aromatic heterocycles. The number of pyridine rings is 2. The molecule has 0 saturated carbocycles. The predicted molar refractivity (Wildman–Crippen MR) is 114 cm³/mol. The number of methoxy groups -OCH3 is 1. The van der Waals surface area contributed by atoms with Crippen molar-refractivity contribution < 1.29 is 14.2 Å². The Morgan fingerprint density at radius 3 is 2.55 bits per heavy atom. The molecule has 5 heterocycles. The van der Waals surface area contributed by atoms with Gasteiger partial charge in [0.15, 0.2) is 17.6 Å². The summed E-state index contributed by atoms with van der Waals surface area (Å²) in [4.78, 5) is 41.4. The van der Waals surface area contributed by atoms with Gasteiger partial charge in [-0.3, -0.25) is 14.2 Å². The number of fused-ring (bicyclic) bond motifs is 2. The number of halogens is 1. The lowest BCUT2D eigenvalue weighted by Crippen LogP contribution is -2.27. The lowest BCUT2D eigenvalue weighted by atomic mass is 10.3. The summed E-state index contributed by atoms with van der Waals surface area (Å²) in [5, 5.41) is 0. The molecule has 0 atom stereocenters. The predicted octanol–water partition coefficient (Wildman–Crippen LogP) is 1.25. The SMILES string of the molecule is COc1cnc2ncc(=O)n(CC3OCCO3)c2c1.O=c1cnc2ncc(Br)cc2[nH]1. The summed E-state index contributed by atoms with van der Waals surface area (Å²) in [6.07, 6.45) is 5.25. The Bertz CT molecular complexity index is 1330. The molecule has 5 rings (SSSR count). The van der Waals surface area contributed by atoms with E-state index < -0.39 is 6.29 Å². The number of nitrogens with one attached hydrogen (secondary N) is 1. The summed E-state index contributed by atoms with van der Waals surface area (Å²) in [6.45, 7) is 1.40. The second kappa shape index (κ2) is 9.29. The van der Waals surface area contributed by atoms with Crippen LogP contribution in [0.25, 0.3) is 22.3 Å². The summed E-state index contributed by atoms with van der Waals surface area (Å²) in [6, 6.07) is 3.49. The van der Waals surface area contributed by atoms with E-state index in [4.69, 9.17) is 14.2 Å². The maximum Gasteiger partial charge on any atom is 0.269 e. The first-order valence-electron chi connectivity index (χ1n) is 9.17. The van der Waals surface area contributed by atoms with E-state index in [1.165, 1.54) is 17.0 Å². The number of hydrogen-bond donors (Lipinski definition) is 1. The number of H-pyrrole nitrogens is 1. The van der Waals surface area contributed by atoms with E-state index in [1.54, 1.807) is 31.6 Å². The normalized spacial score (nSPS) is 13.9. The van der Waals surface area contributed by atoms with E-state index in [0.717, 1.165) is 4.47 Å². The highest BCUT2D eigenvalue weighted by molar-refractivity contribution is 9.10. The topological polar surface area (TPSA) is 134 Å². The van der Waals surface area contributed by atoms with Crippen molar-refractivity contribution in [2.24, 2.45) is 0 Å². The third kappa shape index (κ3) is 4.93. The number of aromatic amines is 1. The molecule has 1 N–H and O–H groups in total. The Hall–Kier alpha value is -3.22. The van der Waals surface area contributed by atoms with Crippen molar-refractivity contribution in [1.29, 1.82) is 0 Å². The molecule has 4 aromatic rings.